The summed E-state index contributed by atoms with van der Waals surface area (Å²) in [5, 5.41) is 12.0. The summed E-state index contributed by atoms with van der Waals surface area (Å²) in [5.74, 6) is -0.502. The molecule has 6 nitrogen and oxygen atoms in total. The molecule has 0 aliphatic heterocycles. The van der Waals surface area contributed by atoms with Crippen molar-refractivity contribution in [2.45, 2.75) is 18.9 Å². The highest BCUT2D eigenvalue weighted by Gasteiger charge is 2.20. The Morgan fingerprint density at radius 1 is 1.07 bits per heavy atom. The molecule has 0 spiro atoms. The molecule has 0 radical (unpaired) electrons. The summed E-state index contributed by atoms with van der Waals surface area (Å²) in [6, 6.07) is 11.8. The van der Waals surface area contributed by atoms with Crippen LogP contribution in [0, 0.1) is 0 Å². The Kier molecular flexibility index (Phi) is 8.07. The Morgan fingerprint density at radius 3 is 2.32 bits per heavy atom. The number of benzene rings is 2. The van der Waals surface area contributed by atoms with Crippen LogP contribution in [0.15, 0.2) is 59.1 Å². The van der Waals surface area contributed by atoms with Crippen LogP contribution in [0.25, 0.3) is 0 Å². The zero-order chi connectivity index (χ0) is 20.5. The van der Waals surface area contributed by atoms with Gasteiger partial charge in [-0.2, -0.15) is 0 Å². The third-order valence-electron chi connectivity index (χ3n) is 4.04. The lowest BCUT2D eigenvalue weighted by Gasteiger charge is -2.15. The molecule has 2 aromatic rings. The molecule has 1 unspecified atom stereocenters. The van der Waals surface area contributed by atoms with Crippen LogP contribution < -0.4 is 14.8 Å². The van der Waals surface area contributed by atoms with Gasteiger partial charge in [-0.05, 0) is 47.9 Å². The monoisotopic (exact) mass is 447 g/mol. The first-order valence-corrected chi connectivity index (χ1v) is 9.37. The molecule has 1 atom stereocenters. The van der Waals surface area contributed by atoms with Gasteiger partial charge in [-0.15, -0.1) is 0 Å². The molecule has 0 fully saturated rings. The Bertz CT molecular complexity index is 848. The molecule has 2 N–H and O–H groups in total. The topological polar surface area (TPSA) is 84.9 Å². The summed E-state index contributed by atoms with van der Waals surface area (Å²) in [7, 11) is 3.03. The molecule has 0 aromatic heterocycles. The molecule has 1 amide bonds. The van der Waals surface area contributed by atoms with Crippen molar-refractivity contribution in [2.75, 3.05) is 14.2 Å². The van der Waals surface area contributed by atoms with Crippen molar-refractivity contribution in [1.82, 2.24) is 5.32 Å². The Labute approximate surface area is 172 Å². The van der Waals surface area contributed by atoms with Gasteiger partial charge in [0.15, 0.2) is 11.5 Å². The van der Waals surface area contributed by atoms with E-state index in [4.69, 9.17) is 9.47 Å². The number of ether oxygens (including phenoxy) is 2. The average molecular weight is 448 g/mol. The van der Waals surface area contributed by atoms with Crippen LogP contribution in [0.1, 0.15) is 11.1 Å². The number of nitrogens with one attached hydrogen (secondary N) is 1. The first kappa shape index (κ1) is 21.5. The van der Waals surface area contributed by atoms with Crippen molar-refractivity contribution in [3.63, 3.8) is 0 Å². The van der Waals surface area contributed by atoms with E-state index < -0.39 is 17.9 Å². The number of carbonyl (C=O) groups excluding carboxylic acids is 1. The number of rotatable bonds is 9. The van der Waals surface area contributed by atoms with Gasteiger partial charge >= 0.3 is 5.97 Å². The minimum atomic E-state index is -1.11. The number of hydrogen-bond donors (Lipinski definition) is 2. The third kappa shape index (κ3) is 6.42. The van der Waals surface area contributed by atoms with E-state index in [-0.39, 0.29) is 6.42 Å². The molecule has 0 aliphatic carbocycles. The molecular formula is C21H22BrNO5. The van der Waals surface area contributed by atoms with Crippen molar-refractivity contribution >= 4 is 27.8 Å². The maximum atomic E-state index is 12.1. The first-order chi connectivity index (χ1) is 13.4. The largest absolute Gasteiger partial charge is 0.493 e. The normalized spacial score (nSPS) is 11.8. The number of methoxy groups -OCH3 is 2. The van der Waals surface area contributed by atoms with E-state index in [1.165, 1.54) is 20.3 Å². The van der Waals surface area contributed by atoms with Gasteiger partial charge in [-0.25, -0.2) is 4.79 Å². The zero-order valence-corrected chi connectivity index (χ0v) is 17.2. The van der Waals surface area contributed by atoms with E-state index in [9.17, 15) is 14.7 Å². The number of halogens is 1. The number of carboxylic acid groups (broad SMARTS) is 1. The van der Waals surface area contributed by atoms with Gasteiger partial charge in [0.05, 0.1) is 14.2 Å². The molecule has 148 valence electrons. The average Bonchev–Trinajstić information content (AvgIpc) is 2.68. The fraction of sp³-hybridized carbons (Fsp3) is 0.238. The molecule has 7 heteroatoms. The Hall–Kier alpha value is -2.80. The molecule has 0 saturated heterocycles. The van der Waals surface area contributed by atoms with Gasteiger partial charge in [0.25, 0.3) is 0 Å². The summed E-state index contributed by atoms with van der Waals surface area (Å²) in [5.41, 5.74) is 1.76. The highest BCUT2D eigenvalue weighted by atomic mass is 79.9. The number of carboxylic acids is 1. The Morgan fingerprint density at radius 2 is 1.71 bits per heavy atom. The molecule has 0 bridgehead atoms. The molecule has 0 aliphatic rings. The van der Waals surface area contributed by atoms with Crippen molar-refractivity contribution < 1.29 is 24.2 Å². The van der Waals surface area contributed by atoms with Crippen molar-refractivity contribution in [2.24, 2.45) is 0 Å². The maximum Gasteiger partial charge on any atom is 0.326 e. The van der Waals surface area contributed by atoms with E-state index in [2.05, 4.69) is 21.2 Å². The number of aliphatic carboxylic acids is 1. The van der Waals surface area contributed by atoms with Gasteiger partial charge < -0.3 is 19.9 Å². The van der Waals surface area contributed by atoms with Gasteiger partial charge in [0.1, 0.15) is 6.04 Å². The van der Waals surface area contributed by atoms with Crippen LogP contribution in [0.2, 0.25) is 0 Å². The quantitative estimate of drug-likeness (QED) is 0.575. The number of allylic oxidation sites excluding steroid dienone is 1. The highest BCUT2D eigenvalue weighted by molar-refractivity contribution is 9.10. The summed E-state index contributed by atoms with van der Waals surface area (Å²) < 4.78 is 11.4. The number of amides is 1. The maximum absolute atomic E-state index is 12.1. The smallest absolute Gasteiger partial charge is 0.326 e. The van der Waals surface area contributed by atoms with E-state index in [0.717, 1.165) is 10.0 Å². The lowest BCUT2D eigenvalue weighted by atomic mass is 10.1. The van der Waals surface area contributed by atoms with E-state index in [0.29, 0.717) is 23.5 Å². The van der Waals surface area contributed by atoms with E-state index >= 15 is 0 Å². The first-order valence-electron chi connectivity index (χ1n) is 8.58. The van der Waals surface area contributed by atoms with Crippen molar-refractivity contribution in [3.05, 3.63) is 70.2 Å². The minimum absolute atomic E-state index is 0.127. The highest BCUT2D eigenvalue weighted by Crippen LogP contribution is 2.28. The second-order valence-corrected chi connectivity index (χ2v) is 6.94. The molecular weight excluding hydrogens is 426 g/mol. The lowest BCUT2D eigenvalue weighted by Crippen LogP contribution is -2.41. The molecule has 28 heavy (non-hydrogen) atoms. The summed E-state index contributed by atoms with van der Waals surface area (Å²) >= 11 is 3.37. The van der Waals surface area contributed by atoms with Crippen LogP contribution >= 0.6 is 15.9 Å². The van der Waals surface area contributed by atoms with Crippen LogP contribution in [-0.2, 0) is 22.4 Å². The summed E-state index contributed by atoms with van der Waals surface area (Å²) in [6.45, 7) is 0. The Balaban J connectivity index is 1.98. The van der Waals surface area contributed by atoms with Crippen LogP contribution in [0.5, 0.6) is 11.5 Å². The molecule has 0 saturated carbocycles. The minimum Gasteiger partial charge on any atom is -0.493 e. The van der Waals surface area contributed by atoms with Gasteiger partial charge in [0.2, 0.25) is 5.91 Å². The van der Waals surface area contributed by atoms with E-state index in [1.54, 1.807) is 24.3 Å². The SMILES string of the molecule is COc1ccc(CC(NC(=O)/C=C/Cc2ccc(Br)cc2)C(=O)O)cc1OC. The molecule has 2 rings (SSSR count). The molecule has 0 heterocycles. The fourth-order valence-corrected chi connectivity index (χ4v) is 2.85. The second kappa shape index (κ2) is 10.5. The fourth-order valence-electron chi connectivity index (χ4n) is 2.59. The van der Waals surface area contributed by atoms with E-state index in [1.807, 2.05) is 24.3 Å². The van der Waals surface area contributed by atoms with Gasteiger partial charge in [-0.3, -0.25) is 4.79 Å². The van der Waals surface area contributed by atoms with Crippen LogP contribution in [-0.4, -0.2) is 37.2 Å². The van der Waals surface area contributed by atoms with Crippen molar-refractivity contribution in [3.8, 4) is 11.5 Å². The van der Waals surface area contributed by atoms with Gasteiger partial charge in [0, 0.05) is 10.9 Å². The van der Waals surface area contributed by atoms with Crippen LogP contribution in [0.4, 0.5) is 0 Å². The standard InChI is InChI=1S/C21H22BrNO5/c1-27-18-11-8-15(13-19(18)28-2)12-17(21(25)26)23-20(24)5-3-4-14-6-9-16(22)10-7-14/h3,5-11,13,17H,4,12H2,1-2H3,(H,23,24)(H,25,26)/b5-3+. The number of hydrogen-bond acceptors (Lipinski definition) is 4. The van der Waals surface area contributed by atoms with Gasteiger partial charge in [-0.1, -0.05) is 40.2 Å². The second-order valence-electron chi connectivity index (χ2n) is 6.03. The summed E-state index contributed by atoms with van der Waals surface area (Å²) in [6.07, 6.45) is 3.76. The van der Waals surface area contributed by atoms with Crippen LogP contribution in [0.3, 0.4) is 0 Å². The predicted octanol–water partition coefficient (Wildman–Crippen LogP) is 3.38. The van der Waals surface area contributed by atoms with Crippen molar-refractivity contribution in [1.29, 1.82) is 0 Å². The molecule has 2 aromatic carbocycles. The third-order valence-corrected chi connectivity index (χ3v) is 4.57. The zero-order valence-electron chi connectivity index (χ0n) is 15.6. The number of carbonyl (C=O) groups is 2. The summed E-state index contributed by atoms with van der Waals surface area (Å²) in [4.78, 5) is 23.6. The predicted molar refractivity (Wildman–Crippen MR) is 110 cm³/mol. The lowest BCUT2D eigenvalue weighted by molar-refractivity contribution is -0.141.